The van der Waals surface area contributed by atoms with Crippen molar-refractivity contribution in [2.24, 2.45) is 0 Å². The van der Waals surface area contributed by atoms with E-state index in [-0.39, 0.29) is 15.2 Å². The Kier molecular flexibility index (Phi) is 4.20. The van der Waals surface area contributed by atoms with Crippen molar-refractivity contribution in [2.75, 3.05) is 0 Å². The molecule has 0 fully saturated rings. The normalized spacial score (nSPS) is 10.4. The van der Waals surface area contributed by atoms with Crippen LogP contribution in [0.5, 0.6) is 11.5 Å². The van der Waals surface area contributed by atoms with Gasteiger partial charge >= 0.3 is 5.69 Å². The van der Waals surface area contributed by atoms with Crippen LogP contribution >= 0.6 is 27.5 Å². The maximum Gasteiger partial charge on any atom is 0.313 e. The maximum atomic E-state index is 13.6. The molecule has 0 atom stereocenters. The third-order valence-corrected chi connectivity index (χ3v) is 3.07. The number of nitro benzene ring substituents is 1. The second-order valence-corrected chi connectivity index (χ2v) is 4.97. The summed E-state index contributed by atoms with van der Waals surface area (Å²) < 4.78 is 32.1. The fraction of sp³-hybridized carbons (Fsp3) is 0. The smallest absolute Gasteiger partial charge is 0.313 e. The van der Waals surface area contributed by atoms with Crippen LogP contribution in [0.1, 0.15) is 0 Å². The van der Waals surface area contributed by atoms with E-state index < -0.39 is 28.0 Å². The average molecular weight is 365 g/mol. The van der Waals surface area contributed by atoms with Gasteiger partial charge in [0.25, 0.3) is 0 Å². The highest BCUT2D eigenvalue weighted by Gasteiger charge is 2.21. The zero-order valence-electron chi connectivity index (χ0n) is 9.57. The van der Waals surface area contributed by atoms with Gasteiger partial charge in [0.2, 0.25) is 11.6 Å². The van der Waals surface area contributed by atoms with Crippen LogP contribution in [-0.4, -0.2) is 4.92 Å². The lowest BCUT2D eigenvalue weighted by Gasteiger charge is -2.09. The van der Waals surface area contributed by atoms with Crippen LogP contribution in [0.3, 0.4) is 0 Å². The third-order valence-electron chi connectivity index (χ3n) is 2.31. The van der Waals surface area contributed by atoms with Crippen molar-refractivity contribution in [3.63, 3.8) is 0 Å². The SMILES string of the molecule is O=[N+]([O-])c1cccc(Cl)c1Oc1cc(Br)cc(F)c1F. The largest absolute Gasteiger partial charge is 0.445 e. The first-order chi connectivity index (χ1) is 9.40. The predicted octanol–water partition coefficient (Wildman–Crippen LogP) is 5.08. The lowest BCUT2D eigenvalue weighted by atomic mass is 10.3. The van der Waals surface area contributed by atoms with Crippen LogP contribution in [0.4, 0.5) is 14.5 Å². The molecule has 104 valence electrons. The van der Waals surface area contributed by atoms with E-state index in [1.165, 1.54) is 12.1 Å². The Morgan fingerprint density at radius 3 is 2.65 bits per heavy atom. The number of hydrogen-bond donors (Lipinski definition) is 0. The number of ether oxygens (including phenoxy) is 1. The highest BCUT2D eigenvalue weighted by molar-refractivity contribution is 9.10. The molecule has 0 saturated carbocycles. The lowest BCUT2D eigenvalue weighted by molar-refractivity contribution is -0.385. The number of benzene rings is 2. The fourth-order valence-electron chi connectivity index (χ4n) is 1.46. The van der Waals surface area contributed by atoms with Gasteiger partial charge < -0.3 is 4.74 Å². The quantitative estimate of drug-likeness (QED) is 0.433. The molecule has 0 N–H and O–H groups in total. The molecule has 0 spiro atoms. The molecule has 8 heteroatoms. The molecule has 4 nitrogen and oxygen atoms in total. The van der Waals surface area contributed by atoms with Crippen LogP contribution in [0.25, 0.3) is 0 Å². The van der Waals surface area contributed by atoms with Gasteiger partial charge in [-0.2, -0.15) is 4.39 Å². The minimum atomic E-state index is -1.26. The second kappa shape index (κ2) is 5.72. The van der Waals surface area contributed by atoms with E-state index in [0.29, 0.717) is 0 Å². The van der Waals surface area contributed by atoms with Gasteiger partial charge in [-0.15, -0.1) is 0 Å². The van der Waals surface area contributed by atoms with Crippen LogP contribution in [-0.2, 0) is 0 Å². The van der Waals surface area contributed by atoms with Crippen molar-refractivity contribution in [3.05, 3.63) is 61.6 Å². The summed E-state index contributed by atoms with van der Waals surface area (Å²) in [6.07, 6.45) is 0. The molecule has 0 saturated heterocycles. The van der Waals surface area contributed by atoms with Crippen LogP contribution in [0, 0.1) is 21.7 Å². The molecule has 2 aromatic rings. The zero-order valence-corrected chi connectivity index (χ0v) is 11.9. The monoisotopic (exact) mass is 363 g/mol. The van der Waals surface area contributed by atoms with Crippen molar-refractivity contribution in [1.82, 2.24) is 0 Å². The number of hydrogen-bond acceptors (Lipinski definition) is 3. The second-order valence-electron chi connectivity index (χ2n) is 3.65. The summed E-state index contributed by atoms with van der Waals surface area (Å²) in [6.45, 7) is 0. The molecule has 0 aliphatic rings. The Bertz CT molecular complexity index is 697. The average Bonchev–Trinajstić information content (AvgIpc) is 2.37. The Hall–Kier alpha value is -1.73. The van der Waals surface area contributed by atoms with Crippen molar-refractivity contribution >= 4 is 33.2 Å². The van der Waals surface area contributed by atoms with E-state index in [1.807, 2.05) is 0 Å². The minimum Gasteiger partial charge on any atom is -0.445 e. The summed E-state index contributed by atoms with van der Waals surface area (Å²) in [6, 6.07) is 5.89. The maximum absolute atomic E-state index is 13.6. The summed E-state index contributed by atoms with van der Waals surface area (Å²) in [5.41, 5.74) is -0.447. The first-order valence-corrected chi connectivity index (χ1v) is 6.32. The van der Waals surface area contributed by atoms with E-state index in [0.717, 1.165) is 18.2 Å². The van der Waals surface area contributed by atoms with E-state index in [2.05, 4.69) is 15.9 Å². The predicted molar refractivity (Wildman–Crippen MR) is 72.2 cm³/mol. The summed E-state index contributed by atoms with van der Waals surface area (Å²) in [5, 5.41) is 10.8. The summed E-state index contributed by atoms with van der Waals surface area (Å²) in [7, 11) is 0. The van der Waals surface area contributed by atoms with E-state index in [9.17, 15) is 18.9 Å². The van der Waals surface area contributed by atoms with E-state index in [4.69, 9.17) is 16.3 Å². The molecule has 0 radical (unpaired) electrons. The highest BCUT2D eigenvalue weighted by atomic mass is 79.9. The van der Waals surface area contributed by atoms with Gasteiger partial charge in [-0.3, -0.25) is 10.1 Å². The molecule has 0 heterocycles. The van der Waals surface area contributed by atoms with Crippen molar-refractivity contribution in [1.29, 1.82) is 0 Å². The van der Waals surface area contributed by atoms with Gasteiger partial charge in [-0.25, -0.2) is 4.39 Å². The number of nitrogens with zero attached hydrogens (tertiary/aromatic N) is 1. The van der Waals surface area contributed by atoms with Gasteiger partial charge in [-0.05, 0) is 18.2 Å². The highest BCUT2D eigenvalue weighted by Crippen LogP contribution is 2.39. The Morgan fingerprint density at radius 1 is 1.30 bits per heavy atom. The molecule has 0 bridgehead atoms. The molecule has 2 aromatic carbocycles. The third kappa shape index (κ3) is 2.88. The number of para-hydroxylation sites is 1. The molecule has 0 unspecified atom stereocenters. The Labute approximate surface area is 125 Å². The molecule has 0 aliphatic heterocycles. The fourth-order valence-corrected chi connectivity index (χ4v) is 2.08. The molecule has 2 rings (SSSR count). The van der Waals surface area contributed by atoms with Gasteiger partial charge in [0.15, 0.2) is 11.6 Å². The molecule has 20 heavy (non-hydrogen) atoms. The first-order valence-electron chi connectivity index (χ1n) is 5.15. The number of nitro groups is 1. The van der Waals surface area contributed by atoms with Crippen LogP contribution in [0.2, 0.25) is 5.02 Å². The van der Waals surface area contributed by atoms with Gasteiger partial charge in [0.1, 0.15) is 0 Å². The van der Waals surface area contributed by atoms with Gasteiger partial charge in [0, 0.05) is 10.5 Å². The Balaban J connectivity index is 2.53. The van der Waals surface area contributed by atoms with Crippen molar-refractivity contribution in [3.8, 4) is 11.5 Å². The van der Waals surface area contributed by atoms with Crippen LogP contribution < -0.4 is 4.74 Å². The summed E-state index contributed by atoms with van der Waals surface area (Å²) in [4.78, 5) is 10.1. The number of halogens is 4. The summed E-state index contributed by atoms with van der Waals surface area (Å²) >= 11 is 8.77. The Morgan fingerprint density at radius 2 is 2.00 bits per heavy atom. The van der Waals surface area contributed by atoms with Gasteiger partial charge in [-0.1, -0.05) is 33.6 Å². The van der Waals surface area contributed by atoms with Crippen molar-refractivity contribution < 1.29 is 18.4 Å². The molecule has 0 amide bonds. The van der Waals surface area contributed by atoms with Gasteiger partial charge in [0.05, 0.1) is 9.95 Å². The topological polar surface area (TPSA) is 52.4 Å². The molecular weight excluding hydrogens is 359 g/mol. The summed E-state index contributed by atoms with van der Waals surface area (Å²) in [5.74, 6) is -3.27. The first kappa shape index (κ1) is 14.7. The van der Waals surface area contributed by atoms with E-state index in [1.54, 1.807) is 0 Å². The lowest BCUT2D eigenvalue weighted by Crippen LogP contribution is -1.97. The molecular formula is C12H5BrClF2NO3. The number of rotatable bonds is 3. The molecule has 0 aliphatic carbocycles. The van der Waals surface area contributed by atoms with Crippen molar-refractivity contribution in [2.45, 2.75) is 0 Å². The van der Waals surface area contributed by atoms with Crippen LogP contribution in [0.15, 0.2) is 34.8 Å². The standard InChI is InChI=1S/C12H5BrClF2NO3/c13-6-4-8(15)11(16)10(5-6)20-12-7(14)2-1-3-9(12)17(18)19/h1-5H. The molecule has 0 aromatic heterocycles. The van der Waals surface area contributed by atoms with E-state index >= 15 is 0 Å². The zero-order chi connectivity index (χ0) is 14.9. The minimum absolute atomic E-state index is 0.0843.